The third-order valence-corrected chi connectivity index (χ3v) is 16.8. The summed E-state index contributed by atoms with van der Waals surface area (Å²) < 4.78 is 1.35. The Balaban J connectivity index is 1.16. The lowest BCUT2D eigenvalue weighted by Gasteiger charge is -2.37. The van der Waals surface area contributed by atoms with Crippen LogP contribution in [0.25, 0.3) is 55.6 Å². The molecule has 0 radical (unpaired) electrons. The van der Waals surface area contributed by atoms with Gasteiger partial charge in [0, 0.05) is 19.8 Å². The Morgan fingerprint density at radius 2 is 0.694 bits per heavy atom. The van der Waals surface area contributed by atoms with Gasteiger partial charge in [0.25, 0.3) is 0 Å². The standard InChI is InChI=1S/C61H69I/c1-9-29-59(30-10-2)53-18-16-15-17-47(53)48-24-19-42(33-54(48)59)43-20-25-49-50-26-21-44(35-56(50)60(31-11-3,32-12-4)55(49)34-43)45-22-27-51-52-28-23-46(62)37-58(52)61(57(51)36-45,38-40(7)13-5)39-41(8)14-6/h15-28,33-37,40-41H,9-14,29-32,38-39H2,1-8H3. The highest BCUT2D eigenvalue weighted by molar-refractivity contribution is 14.1. The number of halogens is 1. The van der Waals surface area contributed by atoms with Crippen LogP contribution < -0.4 is 0 Å². The van der Waals surface area contributed by atoms with Crippen molar-refractivity contribution in [2.45, 2.75) is 149 Å². The SMILES string of the molecule is CCCC1(CCC)c2ccccc2-c2ccc(-c3ccc4c(c3)C(CCC)(CCC)c3cc(-c5ccc6c(c5)C(CC(C)CC)(CC(C)CC)c5cc(I)ccc5-6)ccc3-4)cc21. The minimum absolute atomic E-state index is 0.0120. The Labute approximate surface area is 388 Å². The van der Waals surface area contributed by atoms with E-state index in [-0.39, 0.29) is 16.2 Å². The van der Waals surface area contributed by atoms with Gasteiger partial charge in [-0.05, 0) is 198 Å². The molecule has 0 spiro atoms. The van der Waals surface area contributed by atoms with E-state index in [4.69, 9.17) is 0 Å². The van der Waals surface area contributed by atoms with Crippen LogP contribution in [0, 0.1) is 15.4 Å². The molecule has 0 N–H and O–H groups in total. The summed E-state index contributed by atoms with van der Waals surface area (Å²) in [6.45, 7) is 19.2. The molecule has 320 valence electrons. The quantitative estimate of drug-likeness (QED) is 0.0849. The molecule has 2 unspecified atom stereocenters. The van der Waals surface area contributed by atoms with E-state index >= 15 is 0 Å². The van der Waals surface area contributed by atoms with Gasteiger partial charge in [-0.15, -0.1) is 0 Å². The maximum Gasteiger partial charge on any atom is 0.0220 e. The van der Waals surface area contributed by atoms with Gasteiger partial charge in [0.2, 0.25) is 0 Å². The lowest BCUT2D eigenvalue weighted by molar-refractivity contribution is 0.308. The largest absolute Gasteiger partial charge is 0.0653 e. The van der Waals surface area contributed by atoms with Crippen LogP contribution in [-0.2, 0) is 16.2 Å². The molecule has 0 bridgehead atoms. The van der Waals surface area contributed by atoms with E-state index in [9.17, 15) is 0 Å². The maximum atomic E-state index is 2.64. The molecule has 2 atom stereocenters. The Morgan fingerprint density at radius 1 is 0.371 bits per heavy atom. The van der Waals surface area contributed by atoms with Crippen molar-refractivity contribution in [3.8, 4) is 55.6 Å². The van der Waals surface area contributed by atoms with E-state index in [1.165, 1.54) is 111 Å². The minimum Gasteiger partial charge on any atom is -0.0653 e. The van der Waals surface area contributed by atoms with Crippen molar-refractivity contribution in [2.75, 3.05) is 0 Å². The molecule has 0 fully saturated rings. The molecule has 0 amide bonds. The molecule has 0 saturated carbocycles. The summed E-state index contributed by atoms with van der Waals surface area (Å²) in [7, 11) is 0. The molecule has 0 heterocycles. The predicted octanol–water partition coefficient (Wildman–Crippen LogP) is 18.5. The highest BCUT2D eigenvalue weighted by Crippen LogP contribution is 2.59. The van der Waals surface area contributed by atoms with E-state index in [0.717, 1.165) is 25.7 Å². The lowest BCUT2D eigenvalue weighted by atomic mass is 9.66. The molecule has 1 heteroatoms. The Morgan fingerprint density at radius 3 is 1.08 bits per heavy atom. The summed E-state index contributed by atoms with van der Waals surface area (Å²) in [5.74, 6) is 1.30. The van der Waals surface area contributed by atoms with Gasteiger partial charge in [0.05, 0.1) is 0 Å². The van der Waals surface area contributed by atoms with Crippen molar-refractivity contribution in [2.24, 2.45) is 11.8 Å². The first-order valence-corrected chi connectivity index (χ1v) is 25.7. The van der Waals surface area contributed by atoms with Crippen LogP contribution in [0.15, 0.2) is 115 Å². The van der Waals surface area contributed by atoms with E-state index < -0.39 is 0 Å². The van der Waals surface area contributed by atoms with Gasteiger partial charge >= 0.3 is 0 Å². The van der Waals surface area contributed by atoms with Crippen LogP contribution in [-0.4, -0.2) is 0 Å². The van der Waals surface area contributed by atoms with Gasteiger partial charge in [0.15, 0.2) is 0 Å². The molecule has 0 nitrogen and oxygen atoms in total. The van der Waals surface area contributed by atoms with E-state index in [2.05, 4.69) is 193 Å². The van der Waals surface area contributed by atoms with E-state index in [1.807, 2.05) is 0 Å². The zero-order chi connectivity index (χ0) is 43.4. The summed E-state index contributed by atoms with van der Waals surface area (Å²) in [6.07, 6.45) is 14.2. The smallest absolute Gasteiger partial charge is 0.0220 e. The van der Waals surface area contributed by atoms with Crippen LogP contribution in [0.5, 0.6) is 0 Å². The molecule has 62 heavy (non-hydrogen) atoms. The van der Waals surface area contributed by atoms with Crippen molar-refractivity contribution in [1.29, 1.82) is 0 Å². The molecule has 0 aliphatic heterocycles. The van der Waals surface area contributed by atoms with Gasteiger partial charge in [-0.2, -0.15) is 0 Å². The average molecular weight is 929 g/mol. The fourth-order valence-corrected chi connectivity index (χ4v) is 13.7. The van der Waals surface area contributed by atoms with E-state index in [0.29, 0.717) is 11.8 Å². The Kier molecular flexibility index (Phi) is 12.0. The average Bonchev–Trinajstić information content (AvgIpc) is 3.82. The van der Waals surface area contributed by atoms with Crippen molar-refractivity contribution < 1.29 is 0 Å². The van der Waals surface area contributed by atoms with Gasteiger partial charge in [-0.25, -0.2) is 0 Å². The summed E-state index contributed by atoms with van der Waals surface area (Å²) in [5, 5.41) is 0. The normalized spacial score (nSPS) is 18.1. The topological polar surface area (TPSA) is 0 Å². The zero-order valence-corrected chi connectivity index (χ0v) is 41.1. The molecule has 9 rings (SSSR count). The molecular formula is C61H69I. The Hall–Kier alpha value is -3.95. The first kappa shape index (κ1) is 43.3. The number of fused-ring (bicyclic) bond motifs is 9. The monoisotopic (exact) mass is 928 g/mol. The predicted molar refractivity (Wildman–Crippen MR) is 276 cm³/mol. The zero-order valence-electron chi connectivity index (χ0n) is 39.0. The number of hydrogen-bond donors (Lipinski definition) is 0. The second-order valence-electron chi connectivity index (χ2n) is 20.0. The fraction of sp³-hybridized carbons (Fsp3) is 0.410. The first-order chi connectivity index (χ1) is 30.1. The molecule has 6 aromatic rings. The van der Waals surface area contributed by atoms with Crippen LogP contribution in [0.3, 0.4) is 0 Å². The summed E-state index contributed by atoms with van der Waals surface area (Å²) >= 11 is 2.54. The second kappa shape index (κ2) is 17.2. The minimum atomic E-state index is -0.0120. The van der Waals surface area contributed by atoms with Gasteiger partial charge in [-0.3, -0.25) is 0 Å². The molecule has 3 aliphatic carbocycles. The molecule has 3 aliphatic rings. The highest BCUT2D eigenvalue weighted by Gasteiger charge is 2.46. The summed E-state index contributed by atoms with van der Waals surface area (Å²) in [6, 6.07) is 46.7. The number of hydrogen-bond acceptors (Lipinski definition) is 0. The van der Waals surface area contributed by atoms with Crippen molar-refractivity contribution in [1.82, 2.24) is 0 Å². The molecule has 0 saturated heterocycles. The van der Waals surface area contributed by atoms with Crippen LogP contribution >= 0.6 is 22.6 Å². The highest BCUT2D eigenvalue weighted by atomic mass is 127. The molecule has 6 aromatic carbocycles. The van der Waals surface area contributed by atoms with Gasteiger partial charge in [-0.1, -0.05) is 173 Å². The first-order valence-electron chi connectivity index (χ1n) is 24.6. The third-order valence-electron chi connectivity index (χ3n) is 16.1. The van der Waals surface area contributed by atoms with Gasteiger partial charge < -0.3 is 0 Å². The van der Waals surface area contributed by atoms with Crippen LogP contribution in [0.4, 0.5) is 0 Å². The van der Waals surface area contributed by atoms with Crippen LogP contribution in [0.1, 0.15) is 166 Å². The Bertz CT molecular complexity index is 2600. The fourth-order valence-electron chi connectivity index (χ4n) is 13.2. The van der Waals surface area contributed by atoms with E-state index in [1.54, 1.807) is 33.4 Å². The van der Waals surface area contributed by atoms with Crippen molar-refractivity contribution >= 4 is 22.6 Å². The lowest BCUT2D eigenvalue weighted by Crippen LogP contribution is -2.30. The number of benzene rings is 6. The third kappa shape index (κ3) is 6.80. The number of rotatable bonds is 16. The maximum absolute atomic E-state index is 2.64. The summed E-state index contributed by atoms with van der Waals surface area (Å²) in [4.78, 5) is 0. The van der Waals surface area contributed by atoms with Gasteiger partial charge in [0.1, 0.15) is 0 Å². The summed E-state index contributed by atoms with van der Waals surface area (Å²) in [5.41, 5.74) is 23.6. The van der Waals surface area contributed by atoms with Crippen LogP contribution in [0.2, 0.25) is 0 Å². The second-order valence-corrected chi connectivity index (χ2v) is 21.2. The van der Waals surface area contributed by atoms with Crippen molar-refractivity contribution in [3.05, 3.63) is 152 Å². The molecule has 0 aromatic heterocycles. The van der Waals surface area contributed by atoms with Crippen molar-refractivity contribution in [3.63, 3.8) is 0 Å². The molecular weight excluding hydrogens is 860 g/mol.